The van der Waals surface area contributed by atoms with Crippen molar-refractivity contribution in [3.05, 3.63) is 52.6 Å². The molecule has 0 spiro atoms. The molecule has 9 nitrogen and oxygen atoms in total. The zero-order valence-corrected chi connectivity index (χ0v) is 15.1. The van der Waals surface area contributed by atoms with Crippen LogP contribution < -0.4 is 20.7 Å². The van der Waals surface area contributed by atoms with E-state index in [9.17, 15) is 19.7 Å². The van der Waals surface area contributed by atoms with Crippen molar-refractivity contribution >= 4 is 34.6 Å². The second-order valence-corrected chi connectivity index (χ2v) is 5.76. The van der Waals surface area contributed by atoms with E-state index in [1.54, 1.807) is 31.2 Å². The minimum Gasteiger partial charge on any atom is -0.494 e. The third kappa shape index (κ3) is 5.43. The highest BCUT2D eigenvalue weighted by Gasteiger charge is 2.17. The number of non-ortho nitro benzene ring substituents is 1. The van der Waals surface area contributed by atoms with Crippen LogP contribution in [0.3, 0.4) is 0 Å². The van der Waals surface area contributed by atoms with Gasteiger partial charge in [-0.05, 0) is 37.3 Å². The van der Waals surface area contributed by atoms with E-state index in [-0.39, 0.29) is 23.3 Å². The molecule has 9 heteroatoms. The summed E-state index contributed by atoms with van der Waals surface area (Å²) in [5.74, 6) is -0.307. The van der Waals surface area contributed by atoms with Crippen molar-refractivity contribution in [3.8, 4) is 5.75 Å². The van der Waals surface area contributed by atoms with E-state index in [0.29, 0.717) is 17.1 Å². The standard InChI is InChI=1S/C18H20N4O5/c1-11(19-13-4-6-14(7-5-13)20-12(2)23)18(24)21-16-9-8-15(22(25)26)10-17(16)27-3/h4-11,19H,1-3H3,(H,20,23)(H,21,24)/t11-/m0/s1. The number of nitro groups is 1. The number of rotatable bonds is 7. The van der Waals surface area contributed by atoms with Crippen LogP contribution in [0.2, 0.25) is 0 Å². The van der Waals surface area contributed by atoms with E-state index in [1.807, 2.05) is 0 Å². The second-order valence-electron chi connectivity index (χ2n) is 5.76. The normalized spacial score (nSPS) is 11.2. The number of hydrogen-bond acceptors (Lipinski definition) is 6. The number of carbonyl (C=O) groups is 2. The molecule has 0 heterocycles. The first-order valence-corrected chi connectivity index (χ1v) is 8.07. The zero-order chi connectivity index (χ0) is 20.0. The topological polar surface area (TPSA) is 123 Å². The molecular formula is C18H20N4O5. The van der Waals surface area contributed by atoms with E-state index in [2.05, 4.69) is 16.0 Å². The molecule has 2 amide bonds. The lowest BCUT2D eigenvalue weighted by molar-refractivity contribution is -0.384. The summed E-state index contributed by atoms with van der Waals surface area (Å²) in [6.45, 7) is 3.10. The van der Waals surface area contributed by atoms with Crippen molar-refractivity contribution in [2.75, 3.05) is 23.1 Å². The number of carbonyl (C=O) groups excluding carboxylic acids is 2. The monoisotopic (exact) mass is 372 g/mol. The molecule has 27 heavy (non-hydrogen) atoms. The predicted octanol–water partition coefficient (Wildman–Crippen LogP) is 3.00. The van der Waals surface area contributed by atoms with Crippen molar-refractivity contribution in [1.29, 1.82) is 0 Å². The molecule has 0 aromatic heterocycles. The third-order valence-corrected chi connectivity index (χ3v) is 3.64. The number of nitro benzene ring substituents is 1. The number of nitrogens with one attached hydrogen (secondary N) is 3. The van der Waals surface area contributed by atoms with Crippen molar-refractivity contribution in [3.63, 3.8) is 0 Å². The lowest BCUT2D eigenvalue weighted by Crippen LogP contribution is -2.32. The molecule has 0 saturated carbocycles. The molecule has 142 valence electrons. The molecule has 0 aliphatic heterocycles. The molecule has 2 aromatic carbocycles. The van der Waals surface area contributed by atoms with Gasteiger partial charge in [-0.25, -0.2) is 0 Å². The van der Waals surface area contributed by atoms with Crippen molar-refractivity contribution in [2.45, 2.75) is 19.9 Å². The number of anilines is 3. The lowest BCUT2D eigenvalue weighted by atomic mass is 10.2. The van der Waals surface area contributed by atoms with Crippen LogP contribution in [0.25, 0.3) is 0 Å². The smallest absolute Gasteiger partial charge is 0.273 e. The van der Waals surface area contributed by atoms with Crippen LogP contribution in [-0.2, 0) is 9.59 Å². The average molecular weight is 372 g/mol. The minimum absolute atomic E-state index is 0.129. The molecule has 0 bridgehead atoms. The van der Waals surface area contributed by atoms with Gasteiger partial charge in [0.15, 0.2) is 0 Å². The Morgan fingerprint density at radius 2 is 1.70 bits per heavy atom. The Morgan fingerprint density at radius 3 is 2.26 bits per heavy atom. The summed E-state index contributed by atoms with van der Waals surface area (Å²) < 4.78 is 5.11. The SMILES string of the molecule is COc1cc([N+](=O)[O-])ccc1NC(=O)[C@H](C)Nc1ccc(NC(C)=O)cc1. The first-order valence-electron chi connectivity index (χ1n) is 8.07. The molecule has 1 atom stereocenters. The molecule has 0 saturated heterocycles. The summed E-state index contributed by atoms with van der Waals surface area (Å²) >= 11 is 0. The fourth-order valence-electron chi connectivity index (χ4n) is 2.31. The fourth-order valence-corrected chi connectivity index (χ4v) is 2.31. The highest BCUT2D eigenvalue weighted by atomic mass is 16.6. The average Bonchev–Trinajstić information content (AvgIpc) is 2.62. The number of benzene rings is 2. The third-order valence-electron chi connectivity index (χ3n) is 3.64. The maximum atomic E-state index is 12.4. The van der Waals surface area contributed by atoms with Gasteiger partial charge in [-0.1, -0.05) is 0 Å². The van der Waals surface area contributed by atoms with E-state index in [0.717, 1.165) is 0 Å². The van der Waals surface area contributed by atoms with Crippen molar-refractivity contribution in [2.24, 2.45) is 0 Å². The Morgan fingerprint density at radius 1 is 1.07 bits per heavy atom. The van der Waals surface area contributed by atoms with Crippen LogP contribution in [0, 0.1) is 10.1 Å². The van der Waals surface area contributed by atoms with Crippen LogP contribution in [0.5, 0.6) is 5.75 Å². The fraction of sp³-hybridized carbons (Fsp3) is 0.222. The number of amides is 2. The molecular weight excluding hydrogens is 352 g/mol. The zero-order valence-electron chi connectivity index (χ0n) is 15.1. The quantitative estimate of drug-likeness (QED) is 0.507. The maximum absolute atomic E-state index is 12.4. The van der Waals surface area contributed by atoms with Gasteiger partial charge in [0, 0.05) is 24.4 Å². The molecule has 2 rings (SSSR count). The van der Waals surface area contributed by atoms with Crippen LogP contribution in [0.15, 0.2) is 42.5 Å². The van der Waals surface area contributed by atoms with Crippen molar-refractivity contribution in [1.82, 2.24) is 0 Å². The largest absolute Gasteiger partial charge is 0.494 e. The van der Waals surface area contributed by atoms with E-state index in [4.69, 9.17) is 4.74 Å². The minimum atomic E-state index is -0.587. The molecule has 2 aromatic rings. The number of hydrogen-bond donors (Lipinski definition) is 3. The first kappa shape index (κ1) is 19.7. The van der Waals surface area contributed by atoms with E-state index in [1.165, 1.54) is 32.2 Å². The summed E-state index contributed by atoms with van der Waals surface area (Å²) in [6.07, 6.45) is 0. The number of nitrogens with zero attached hydrogens (tertiary/aromatic N) is 1. The van der Waals surface area contributed by atoms with Gasteiger partial charge >= 0.3 is 0 Å². The molecule has 0 fully saturated rings. The molecule has 3 N–H and O–H groups in total. The molecule has 0 aliphatic rings. The van der Waals surface area contributed by atoms with Gasteiger partial charge < -0.3 is 20.7 Å². The van der Waals surface area contributed by atoms with Gasteiger partial charge in [-0.15, -0.1) is 0 Å². The van der Waals surface area contributed by atoms with Gasteiger partial charge in [0.25, 0.3) is 5.69 Å². The van der Waals surface area contributed by atoms with Gasteiger partial charge in [-0.2, -0.15) is 0 Å². The van der Waals surface area contributed by atoms with Gasteiger partial charge in [-0.3, -0.25) is 19.7 Å². The summed E-state index contributed by atoms with van der Waals surface area (Å²) in [6, 6.07) is 10.3. The van der Waals surface area contributed by atoms with Gasteiger partial charge in [0.1, 0.15) is 11.8 Å². The lowest BCUT2D eigenvalue weighted by Gasteiger charge is -2.17. The second kappa shape index (κ2) is 8.65. The van der Waals surface area contributed by atoms with Crippen LogP contribution >= 0.6 is 0 Å². The summed E-state index contributed by atoms with van der Waals surface area (Å²) in [4.78, 5) is 33.7. The van der Waals surface area contributed by atoms with Crippen LogP contribution in [-0.4, -0.2) is 29.9 Å². The van der Waals surface area contributed by atoms with E-state index < -0.39 is 11.0 Å². The Bertz CT molecular complexity index is 851. The summed E-state index contributed by atoms with van der Waals surface area (Å²) in [7, 11) is 1.37. The van der Waals surface area contributed by atoms with Crippen LogP contribution in [0.4, 0.5) is 22.7 Å². The van der Waals surface area contributed by atoms with Crippen LogP contribution in [0.1, 0.15) is 13.8 Å². The predicted molar refractivity (Wildman–Crippen MR) is 102 cm³/mol. The first-order chi connectivity index (χ1) is 12.8. The molecule has 0 aliphatic carbocycles. The Kier molecular flexibility index (Phi) is 6.32. The Hall–Kier alpha value is -3.62. The highest BCUT2D eigenvalue weighted by Crippen LogP contribution is 2.29. The summed E-state index contributed by atoms with van der Waals surface area (Å²) in [5.41, 5.74) is 1.56. The molecule has 0 radical (unpaired) electrons. The van der Waals surface area contributed by atoms with Crippen molar-refractivity contribution < 1.29 is 19.2 Å². The van der Waals surface area contributed by atoms with Gasteiger partial charge in [0.2, 0.25) is 11.8 Å². The Labute approximate surface area is 155 Å². The molecule has 0 unspecified atom stereocenters. The van der Waals surface area contributed by atoms with Gasteiger partial charge in [0.05, 0.1) is 23.8 Å². The number of methoxy groups -OCH3 is 1. The van der Waals surface area contributed by atoms with E-state index >= 15 is 0 Å². The summed E-state index contributed by atoms with van der Waals surface area (Å²) in [5, 5.41) is 19.2. The number of ether oxygens (including phenoxy) is 1. The Balaban J connectivity index is 2.03. The highest BCUT2D eigenvalue weighted by molar-refractivity contribution is 5.97. The maximum Gasteiger partial charge on any atom is 0.273 e.